The van der Waals surface area contributed by atoms with Crippen molar-refractivity contribution in [3.63, 3.8) is 0 Å². The van der Waals surface area contributed by atoms with Crippen molar-refractivity contribution in [1.82, 2.24) is 10.2 Å². The average Bonchev–Trinajstić information content (AvgIpc) is 2.86. The van der Waals surface area contributed by atoms with E-state index in [0.29, 0.717) is 43.4 Å². The third-order valence-corrected chi connectivity index (χ3v) is 7.27. The molecule has 196 valence electrons. The molecule has 0 bridgehead atoms. The molecular weight excluding hydrogens is 482 g/mol. The molecule has 0 spiro atoms. The molecule has 3 rings (SSSR count). The molecule has 1 N–H and O–H groups in total. The minimum Gasteiger partial charge on any atom is -0.486 e. The van der Waals surface area contributed by atoms with E-state index in [1.165, 1.54) is 4.31 Å². The first-order valence-corrected chi connectivity index (χ1v) is 13.9. The van der Waals surface area contributed by atoms with Gasteiger partial charge in [-0.3, -0.25) is 13.9 Å². The molecule has 2 amide bonds. The molecular formula is C26H35N3O6S. The third kappa shape index (κ3) is 6.90. The number of likely N-dealkylation sites (N-methyl/N-ethyl adjacent to an activating group) is 1. The topological polar surface area (TPSA) is 105 Å². The molecule has 0 aliphatic carbocycles. The Morgan fingerprint density at radius 3 is 2.33 bits per heavy atom. The number of aryl methyl sites for hydroxylation is 1. The van der Waals surface area contributed by atoms with Gasteiger partial charge in [-0.2, -0.15) is 0 Å². The summed E-state index contributed by atoms with van der Waals surface area (Å²) in [6.07, 6.45) is 1.98. The molecule has 0 radical (unpaired) electrons. The number of sulfonamides is 1. The van der Waals surface area contributed by atoms with E-state index in [1.54, 1.807) is 30.1 Å². The van der Waals surface area contributed by atoms with Crippen molar-refractivity contribution in [2.24, 2.45) is 0 Å². The fourth-order valence-electron chi connectivity index (χ4n) is 4.17. The number of benzene rings is 2. The van der Waals surface area contributed by atoms with Gasteiger partial charge in [-0.05, 0) is 37.5 Å². The maximum Gasteiger partial charge on any atom is 0.242 e. The molecule has 1 atom stereocenters. The Hall–Kier alpha value is -3.27. The summed E-state index contributed by atoms with van der Waals surface area (Å²) in [6, 6.07) is 12.2. The molecule has 2 aromatic rings. The molecule has 1 heterocycles. The van der Waals surface area contributed by atoms with Crippen LogP contribution in [0.15, 0.2) is 42.5 Å². The van der Waals surface area contributed by atoms with Gasteiger partial charge in [0.1, 0.15) is 19.3 Å². The van der Waals surface area contributed by atoms with E-state index in [0.717, 1.165) is 17.4 Å². The molecule has 2 aromatic carbocycles. The van der Waals surface area contributed by atoms with Crippen molar-refractivity contribution >= 4 is 27.5 Å². The lowest BCUT2D eigenvalue weighted by Crippen LogP contribution is -2.48. The highest BCUT2D eigenvalue weighted by Gasteiger charge is 2.28. The van der Waals surface area contributed by atoms with Crippen molar-refractivity contribution < 1.29 is 27.5 Å². The zero-order valence-corrected chi connectivity index (χ0v) is 22.1. The fraction of sp³-hybridized carbons (Fsp3) is 0.462. The summed E-state index contributed by atoms with van der Waals surface area (Å²) in [5.74, 6) is 0.623. The van der Waals surface area contributed by atoms with Crippen LogP contribution in [-0.2, 0) is 26.2 Å². The molecule has 0 saturated carbocycles. The molecule has 1 aliphatic heterocycles. The highest BCUT2D eigenvalue weighted by atomic mass is 32.2. The standard InChI is InChI=1S/C26H35N3O6S/c1-5-22(26(31)27-3)28(18-20-10-8-19(2)9-11-20)25(30)7-6-14-29(36(4,32)33)21-12-13-23-24(17-21)35-16-15-34-23/h8-13,17,22H,5-7,14-16,18H2,1-4H3,(H,27,31)/t22-/m1/s1. The molecule has 0 saturated heterocycles. The van der Waals surface area contributed by atoms with Crippen LogP contribution in [-0.4, -0.2) is 64.2 Å². The van der Waals surface area contributed by atoms with E-state index in [-0.39, 0.29) is 31.2 Å². The monoisotopic (exact) mass is 517 g/mol. The van der Waals surface area contributed by atoms with Crippen molar-refractivity contribution in [3.05, 3.63) is 53.6 Å². The van der Waals surface area contributed by atoms with Gasteiger partial charge in [-0.1, -0.05) is 36.8 Å². The average molecular weight is 518 g/mol. The molecule has 9 nitrogen and oxygen atoms in total. The Bertz CT molecular complexity index is 1170. The van der Waals surface area contributed by atoms with E-state index < -0.39 is 16.1 Å². The minimum atomic E-state index is -3.61. The van der Waals surface area contributed by atoms with Gasteiger partial charge in [0.2, 0.25) is 21.8 Å². The molecule has 1 aliphatic rings. The second-order valence-electron chi connectivity index (χ2n) is 8.81. The summed E-state index contributed by atoms with van der Waals surface area (Å²) < 4.78 is 37.5. The van der Waals surface area contributed by atoms with Gasteiger partial charge in [0.05, 0.1) is 11.9 Å². The predicted molar refractivity (Wildman–Crippen MR) is 139 cm³/mol. The van der Waals surface area contributed by atoms with Crippen LogP contribution < -0.4 is 19.1 Å². The van der Waals surface area contributed by atoms with Crippen LogP contribution in [0.5, 0.6) is 11.5 Å². The minimum absolute atomic E-state index is 0.0932. The van der Waals surface area contributed by atoms with Crippen LogP contribution >= 0.6 is 0 Å². The SMILES string of the molecule is CC[C@H](C(=O)NC)N(Cc1ccc(C)cc1)C(=O)CCCN(c1ccc2c(c1)OCCO2)S(C)(=O)=O. The second kappa shape index (κ2) is 12.1. The quantitative estimate of drug-likeness (QED) is 0.492. The maximum atomic E-state index is 13.3. The first-order valence-electron chi connectivity index (χ1n) is 12.1. The third-order valence-electron chi connectivity index (χ3n) is 6.07. The summed E-state index contributed by atoms with van der Waals surface area (Å²) in [7, 11) is -2.05. The van der Waals surface area contributed by atoms with Crippen LogP contribution in [0.25, 0.3) is 0 Å². The summed E-state index contributed by atoms with van der Waals surface area (Å²) in [5.41, 5.74) is 2.47. The lowest BCUT2D eigenvalue weighted by atomic mass is 10.1. The number of fused-ring (bicyclic) bond motifs is 1. The lowest BCUT2D eigenvalue weighted by molar-refractivity contribution is -0.141. The van der Waals surface area contributed by atoms with Gasteiger partial charge >= 0.3 is 0 Å². The Morgan fingerprint density at radius 1 is 1.06 bits per heavy atom. The zero-order valence-electron chi connectivity index (χ0n) is 21.3. The molecule has 0 unspecified atom stereocenters. The number of anilines is 1. The molecule has 0 aromatic heterocycles. The summed E-state index contributed by atoms with van der Waals surface area (Å²) in [6.45, 7) is 5.09. The summed E-state index contributed by atoms with van der Waals surface area (Å²) in [5, 5.41) is 2.64. The molecule has 10 heteroatoms. The molecule has 36 heavy (non-hydrogen) atoms. The predicted octanol–water partition coefficient (Wildman–Crippen LogP) is 2.87. The van der Waals surface area contributed by atoms with Crippen molar-refractivity contribution in [3.8, 4) is 11.5 Å². The Balaban J connectivity index is 1.74. The smallest absolute Gasteiger partial charge is 0.242 e. The highest BCUT2D eigenvalue weighted by Crippen LogP contribution is 2.34. The van der Waals surface area contributed by atoms with E-state index in [4.69, 9.17) is 9.47 Å². The number of hydrogen-bond donors (Lipinski definition) is 1. The summed E-state index contributed by atoms with van der Waals surface area (Å²) in [4.78, 5) is 27.5. The van der Waals surface area contributed by atoms with Gasteiger partial charge < -0.3 is 19.7 Å². The van der Waals surface area contributed by atoms with Crippen molar-refractivity contribution in [2.45, 2.75) is 45.7 Å². The van der Waals surface area contributed by atoms with E-state index in [2.05, 4.69) is 5.32 Å². The number of rotatable bonds is 11. The number of nitrogens with zero attached hydrogens (tertiary/aromatic N) is 2. The first-order chi connectivity index (χ1) is 17.1. The van der Waals surface area contributed by atoms with Crippen molar-refractivity contribution in [2.75, 3.05) is 37.4 Å². The van der Waals surface area contributed by atoms with E-state index >= 15 is 0 Å². The van der Waals surface area contributed by atoms with Crippen LogP contribution in [0.4, 0.5) is 5.69 Å². The maximum absolute atomic E-state index is 13.3. The Morgan fingerprint density at radius 2 is 1.72 bits per heavy atom. The van der Waals surface area contributed by atoms with Crippen molar-refractivity contribution in [1.29, 1.82) is 0 Å². The van der Waals surface area contributed by atoms with Crippen LogP contribution in [0.2, 0.25) is 0 Å². The summed E-state index contributed by atoms with van der Waals surface area (Å²) >= 11 is 0. The number of amides is 2. The zero-order chi connectivity index (χ0) is 26.3. The van der Waals surface area contributed by atoms with E-state index in [1.807, 2.05) is 38.1 Å². The van der Waals surface area contributed by atoms with Crippen LogP contribution in [0.3, 0.4) is 0 Å². The normalized spacial score (nSPS) is 13.6. The number of nitrogens with one attached hydrogen (secondary N) is 1. The van der Waals surface area contributed by atoms with Gasteiger partial charge in [-0.15, -0.1) is 0 Å². The number of hydrogen-bond acceptors (Lipinski definition) is 6. The molecule has 0 fully saturated rings. The Kier molecular flexibility index (Phi) is 9.19. The fourth-order valence-corrected chi connectivity index (χ4v) is 5.12. The number of carbonyl (C=O) groups excluding carboxylic acids is 2. The number of carbonyl (C=O) groups is 2. The highest BCUT2D eigenvalue weighted by molar-refractivity contribution is 7.92. The van der Waals surface area contributed by atoms with Crippen LogP contribution in [0.1, 0.15) is 37.3 Å². The number of ether oxygens (including phenoxy) is 2. The Labute approximate surface area is 213 Å². The lowest BCUT2D eigenvalue weighted by Gasteiger charge is -2.31. The first kappa shape index (κ1) is 27.3. The van der Waals surface area contributed by atoms with Gasteiger partial charge in [0.25, 0.3) is 0 Å². The van der Waals surface area contributed by atoms with Crippen LogP contribution in [0, 0.1) is 6.92 Å². The van der Waals surface area contributed by atoms with Gasteiger partial charge in [-0.25, -0.2) is 8.42 Å². The van der Waals surface area contributed by atoms with Gasteiger partial charge in [0.15, 0.2) is 11.5 Å². The van der Waals surface area contributed by atoms with E-state index in [9.17, 15) is 18.0 Å². The van der Waals surface area contributed by atoms with Gasteiger partial charge in [0, 0.05) is 32.6 Å². The second-order valence-corrected chi connectivity index (χ2v) is 10.7. The largest absolute Gasteiger partial charge is 0.486 e.